The molecule has 1 fully saturated rings. The van der Waals surface area contributed by atoms with Crippen LogP contribution in [-0.4, -0.2) is 18.7 Å². The third-order valence-electron chi connectivity index (χ3n) is 3.37. The summed E-state index contributed by atoms with van der Waals surface area (Å²) in [5.74, 6) is 0. The van der Waals surface area contributed by atoms with Crippen molar-refractivity contribution in [1.29, 1.82) is 0 Å². The van der Waals surface area contributed by atoms with Gasteiger partial charge in [-0.05, 0) is 30.9 Å². The number of hydrogen-bond acceptors (Lipinski definition) is 2. The Labute approximate surface area is 118 Å². The smallest absolute Gasteiger partial charge is 0.0963 e. The largest absolute Gasteiger partial charge is 0.369 e. The predicted molar refractivity (Wildman–Crippen MR) is 78.7 cm³/mol. The van der Waals surface area contributed by atoms with E-state index >= 15 is 0 Å². The third-order valence-corrected chi connectivity index (χ3v) is 4.09. The van der Waals surface area contributed by atoms with Crippen molar-refractivity contribution < 1.29 is 4.74 Å². The standard InChI is InChI=1S/C15H22BrNO/c1-11(2)17-10-15(18-12-6-5-7-12)13-8-3-4-9-14(13)16/h3-4,8-9,11-12,15,17H,5-7,10H2,1-2H3. The molecule has 0 saturated heterocycles. The first-order chi connectivity index (χ1) is 8.66. The molecule has 0 spiro atoms. The van der Waals surface area contributed by atoms with Crippen LogP contribution < -0.4 is 5.32 Å². The summed E-state index contributed by atoms with van der Waals surface area (Å²) in [6.07, 6.45) is 4.33. The molecule has 18 heavy (non-hydrogen) atoms. The number of ether oxygens (including phenoxy) is 1. The maximum absolute atomic E-state index is 6.21. The van der Waals surface area contributed by atoms with Crippen LogP contribution in [0, 0.1) is 0 Å². The Morgan fingerprint density at radius 2 is 2.06 bits per heavy atom. The van der Waals surface area contributed by atoms with Crippen LogP contribution in [0.15, 0.2) is 28.7 Å². The molecule has 2 nitrogen and oxygen atoms in total. The van der Waals surface area contributed by atoms with E-state index in [0.717, 1.165) is 11.0 Å². The van der Waals surface area contributed by atoms with Crippen LogP contribution in [0.25, 0.3) is 0 Å². The molecule has 1 saturated carbocycles. The number of halogens is 1. The molecule has 1 aliphatic carbocycles. The van der Waals surface area contributed by atoms with Gasteiger partial charge in [0.2, 0.25) is 0 Å². The van der Waals surface area contributed by atoms with Gasteiger partial charge in [0.15, 0.2) is 0 Å². The van der Waals surface area contributed by atoms with Crippen LogP contribution in [0.5, 0.6) is 0 Å². The Kier molecular flexibility index (Phi) is 5.22. The van der Waals surface area contributed by atoms with E-state index in [9.17, 15) is 0 Å². The molecule has 1 aromatic rings. The van der Waals surface area contributed by atoms with Gasteiger partial charge in [-0.2, -0.15) is 0 Å². The Balaban J connectivity index is 2.04. The summed E-state index contributed by atoms with van der Waals surface area (Å²) < 4.78 is 7.35. The number of nitrogens with one attached hydrogen (secondary N) is 1. The Bertz CT molecular complexity index is 377. The van der Waals surface area contributed by atoms with E-state index < -0.39 is 0 Å². The summed E-state index contributed by atoms with van der Waals surface area (Å²) >= 11 is 3.63. The van der Waals surface area contributed by atoms with Gasteiger partial charge in [-0.3, -0.25) is 0 Å². The Morgan fingerprint density at radius 1 is 1.33 bits per heavy atom. The summed E-state index contributed by atoms with van der Waals surface area (Å²) in [5.41, 5.74) is 1.25. The van der Waals surface area contributed by atoms with Crippen molar-refractivity contribution in [2.45, 2.75) is 51.4 Å². The van der Waals surface area contributed by atoms with Crippen LogP contribution in [0.2, 0.25) is 0 Å². The van der Waals surface area contributed by atoms with E-state index in [4.69, 9.17) is 4.74 Å². The third kappa shape index (κ3) is 3.81. The molecule has 0 aromatic heterocycles. The lowest BCUT2D eigenvalue weighted by Gasteiger charge is -2.31. The Hall–Kier alpha value is -0.380. The van der Waals surface area contributed by atoms with Gasteiger partial charge in [0.1, 0.15) is 0 Å². The van der Waals surface area contributed by atoms with Gasteiger partial charge in [0.05, 0.1) is 12.2 Å². The molecule has 1 unspecified atom stereocenters. The van der Waals surface area contributed by atoms with Gasteiger partial charge in [0.25, 0.3) is 0 Å². The average molecular weight is 312 g/mol. The second-order valence-corrected chi connectivity index (χ2v) is 6.12. The molecular weight excluding hydrogens is 290 g/mol. The summed E-state index contributed by atoms with van der Waals surface area (Å²) in [5, 5.41) is 3.48. The van der Waals surface area contributed by atoms with E-state index in [1.165, 1.54) is 24.8 Å². The quantitative estimate of drug-likeness (QED) is 0.855. The van der Waals surface area contributed by atoms with Crippen molar-refractivity contribution in [3.8, 4) is 0 Å². The van der Waals surface area contributed by atoms with E-state index in [0.29, 0.717) is 12.1 Å². The van der Waals surface area contributed by atoms with Crippen LogP contribution >= 0.6 is 15.9 Å². The minimum absolute atomic E-state index is 0.147. The van der Waals surface area contributed by atoms with Crippen molar-refractivity contribution in [2.75, 3.05) is 6.54 Å². The van der Waals surface area contributed by atoms with E-state index in [-0.39, 0.29) is 6.10 Å². The molecule has 0 bridgehead atoms. The summed E-state index contributed by atoms with van der Waals surface area (Å²) in [7, 11) is 0. The lowest BCUT2D eigenvalue weighted by atomic mass is 9.95. The minimum atomic E-state index is 0.147. The number of benzene rings is 1. The molecular formula is C15H22BrNO. The highest BCUT2D eigenvalue weighted by molar-refractivity contribution is 9.10. The zero-order valence-electron chi connectivity index (χ0n) is 11.2. The van der Waals surface area contributed by atoms with Crippen molar-refractivity contribution in [3.63, 3.8) is 0 Å². The molecule has 1 N–H and O–H groups in total. The lowest BCUT2D eigenvalue weighted by molar-refractivity contribution is -0.0528. The molecule has 0 amide bonds. The number of rotatable bonds is 6. The summed E-state index contributed by atoms with van der Waals surface area (Å²) in [6, 6.07) is 8.84. The van der Waals surface area contributed by atoms with Crippen molar-refractivity contribution in [1.82, 2.24) is 5.32 Å². The summed E-state index contributed by atoms with van der Waals surface area (Å²) in [4.78, 5) is 0. The van der Waals surface area contributed by atoms with E-state index in [1.807, 2.05) is 6.07 Å². The fourth-order valence-corrected chi connectivity index (χ4v) is 2.59. The highest BCUT2D eigenvalue weighted by Gasteiger charge is 2.24. The molecule has 1 aliphatic rings. The van der Waals surface area contributed by atoms with Gasteiger partial charge in [-0.1, -0.05) is 48.0 Å². The van der Waals surface area contributed by atoms with Crippen LogP contribution in [0.1, 0.15) is 44.8 Å². The average Bonchev–Trinajstić information content (AvgIpc) is 2.28. The first-order valence-corrected chi connectivity index (χ1v) is 7.59. The highest BCUT2D eigenvalue weighted by atomic mass is 79.9. The van der Waals surface area contributed by atoms with Crippen molar-refractivity contribution in [2.24, 2.45) is 0 Å². The predicted octanol–water partition coefficient (Wildman–Crippen LogP) is 4.06. The van der Waals surface area contributed by atoms with Gasteiger partial charge >= 0.3 is 0 Å². The molecule has 1 atom stereocenters. The second-order valence-electron chi connectivity index (χ2n) is 5.26. The van der Waals surface area contributed by atoms with Crippen molar-refractivity contribution in [3.05, 3.63) is 34.3 Å². The minimum Gasteiger partial charge on any atom is -0.369 e. The van der Waals surface area contributed by atoms with Crippen LogP contribution in [0.3, 0.4) is 0 Å². The highest BCUT2D eigenvalue weighted by Crippen LogP contribution is 2.31. The fourth-order valence-electron chi connectivity index (χ4n) is 2.05. The molecule has 0 aliphatic heterocycles. The normalized spacial score (nSPS) is 17.8. The van der Waals surface area contributed by atoms with Gasteiger partial charge in [-0.25, -0.2) is 0 Å². The van der Waals surface area contributed by atoms with E-state index in [1.54, 1.807) is 0 Å². The molecule has 100 valence electrons. The molecule has 0 radical (unpaired) electrons. The fraction of sp³-hybridized carbons (Fsp3) is 0.600. The first kappa shape index (κ1) is 14.0. The topological polar surface area (TPSA) is 21.3 Å². The van der Waals surface area contributed by atoms with E-state index in [2.05, 4.69) is 53.3 Å². The zero-order chi connectivity index (χ0) is 13.0. The molecule has 1 aromatic carbocycles. The van der Waals surface area contributed by atoms with Gasteiger partial charge < -0.3 is 10.1 Å². The number of hydrogen-bond donors (Lipinski definition) is 1. The second kappa shape index (κ2) is 6.69. The van der Waals surface area contributed by atoms with Crippen molar-refractivity contribution >= 4 is 15.9 Å². The first-order valence-electron chi connectivity index (χ1n) is 6.80. The molecule has 2 rings (SSSR count). The van der Waals surface area contributed by atoms with Crippen LogP contribution in [0.4, 0.5) is 0 Å². The zero-order valence-corrected chi connectivity index (χ0v) is 12.7. The van der Waals surface area contributed by atoms with Gasteiger partial charge in [-0.15, -0.1) is 0 Å². The SMILES string of the molecule is CC(C)NCC(OC1CCC1)c1ccccc1Br. The molecule has 0 heterocycles. The van der Waals surface area contributed by atoms with Gasteiger partial charge in [0, 0.05) is 17.1 Å². The maximum atomic E-state index is 6.21. The Morgan fingerprint density at radius 3 is 2.61 bits per heavy atom. The lowest BCUT2D eigenvalue weighted by Crippen LogP contribution is -2.33. The monoisotopic (exact) mass is 311 g/mol. The van der Waals surface area contributed by atoms with Crippen LogP contribution in [-0.2, 0) is 4.74 Å². The summed E-state index contributed by atoms with van der Waals surface area (Å²) in [6.45, 7) is 5.21. The maximum Gasteiger partial charge on any atom is 0.0963 e. The molecule has 3 heteroatoms.